The minimum atomic E-state index is -0.0744. The van der Waals surface area contributed by atoms with Crippen LogP contribution in [0.3, 0.4) is 0 Å². The third-order valence-corrected chi connectivity index (χ3v) is 2.81. The zero-order valence-corrected chi connectivity index (χ0v) is 11.1. The van der Waals surface area contributed by atoms with E-state index in [1.165, 1.54) is 0 Å². The fourth-order valence-corrected chi connectivity index (χ4v) is 1.73. The van der Waals surface area contributed by atoms with Crippen LogP contribution in [0.5, 0.6) is 17.2 Å². The van der Waals surface area contributed by atoms with E-state index in [4.69, 9.17) is 25.7 Å². The highest BCUT2D eigenvalue weighted by atomic mass is 16.5. The van der Waals surface area contributed by atoms with Gasteiger partial charge >= 0.3 is 0 Å². The summed E-state index contributed by atoms with van der Waals surface area (Å²) in [6, 6.07) is 12.1. The van der Waals surface area contributed by atoms with Crippen LogP contribution in [0.4, 0.5) is 0 Å². The average Bonchev–Trinajstić information content (AvgIpc) is 2.47. The van der Waals surface area contributed by atoms with Crippen LogP contribution in [0.1, 0.15) is 11.1 Å². The molecule has 0 aliphatic heterocycles. The van der Waals surface area contributed by atoms with E-state index >= 15 is 0 Å². The Kier molecular flexibility index (Phi) is 4.22. The fraction of sp³-hybridized carbons (Fsp3) is 0.133. The molecule has 5 heteroatoms. The Bertz CT molecular complexity index is 609. The summed E-state index contributed by atoms with van der Waals surface area (Å²) < 4.78 is 10.9. The standard InChI is InChI=1S/C15H16N2O3/c1-19-12-6-7-13(15(16)17)14(8-12)20-11-4-2-10(9-18)3-5-11/h2-8,18H,9H2,1H3,(H3,16,17). The van der Waals surface area contributed by atoms with Gasteiger partial charge < -0.3 is 20.3 Å². The van der Waals surface area contributed by atoms with Gasteiger partial charge in [0.25, 0.3) is 0 Å². The molecule has 0 amide bonds. The Morgan fingerprint density at radius 2 is 1.80 bits per heavy atom. The molecule has 0 aliphatic carbocycles. The summed E-state index contributed by atoms with van der Waals surface area (Å²) in [5.74, 6) is 1.60. The lowest BCUT2D eigenvalue weighted by Crippen LogP contribution is -2.12. The Balaban J connectivity index is 2.32. The number of benzene rings is 2. The number of hydrogen-bond acceptors (Lipinski definition) is 4. The van der Waals surface area contributed by atoms with Crippen LogP contribution in [0.2, 0.25) is 0 Å². The lowest BCUT2D eigenvalue weighted by atomic mass is 10.1. The van der Waals surface area contributed by atoms with Crippen molar-refractivity contribution in [1.29, 1.82) is 5.41 Å². The number of aliphatic hydroxyl groups excluding tert-OH is 1. The van der Waals surface area contributed by atoms with Gasteiger partial charge in [-0.05, 0) is 29.8 Å². The molecule has 0 radical (unpaired) electrons. The molecule has 2 rings (SSSR count). The number of rotatable bonds is 5. The van der Waals surface area contributed by atoms with Gasteiger partial charge in [-0.15, -0.1) is 0 Å². The van der Waals surface area contributed by atoms with Crippen molar-refractivity contribution in [2.45, 2.75) is 6.61 Å². The maximum Gasteiger partial charge on any atom is 0.142 e. The number of hydrogen-bond donors (Lipinski definition) is 3. The number of nitrogens with two attached hydrogens (primary N) is 1. The monoisotopic (exact) mass is 272 g/mol. The molecule has 2 aromatic rings. The molecule has 5 nitrogen and oxygen atoms in total. The molecule has 0 aromatic heterocycles. The molecule has 0 spiro atoms. The minimum Gasteiger partial charge on any atom is -0.497 e. The van der Waals surface area contributed by atoms with Crippen LogP contribution in [0.25, 0.3) is 0 Å². The summed E-state index contributed by atoms with van der Waals surface area (Å²) in [6.07, 6.45) is 0. The van der Waals surface area contributed by atoms with E-state index < -0.39 is 0 Å². The Hall–Kier alpha value is -2.53. The molecule has 2 aromatic carbocycles. The van der Waals surface area contributed by atoms with Crippen molar-refractivity contribution in [2.24, 2.45) is 5.73 Å². The molecule has 0 saturated heterocycles. The highest BCUT2D eigenvalue weighted by molar-refractivity contribution is 5.97. The number of amidine groups is 1. The van der Waals surface area contributed by atoms with Crippen molar-refractivity contribution in [3.63, 3.8) is 0 Å². The van der Waals surface area contributed by atoms with Crippen molar-refractivity contribution < 1.29 is 14.6 Å². The third kappa shape index (κ3) is 3.07. The molecule has 104 valence electrons. The van der Waals surface area contributed by atoms with E-state index in [9.17, 15) is 0 Å². The number of nitrogen functional groups attached to an aromatic ring is 1. The zero-order chi connectivity index (χ0) is 14.5. The van der Waals surface area contributed by atoms with Crippen molar-refractivity contribution in [3.8, 4) is 17.2 Å². The first-order valence-corrected chi connectivity index (χ1v) is 6.04. The SMILES string of the molecule is COc1ccc(C(=N)N)c(Oc2ccc(CO)cc2)c1. The van der Waals surface area contributed by atoms with Crippen LogP contribution in [0.15, 0.2) is 42.5 Å². The van der Waals surface area contributed by atoms with Crippen LogP contribution < -0.4 is 15.2 Å². The number of aliphatic hydroxyl groups is 1. The lowest BCUT2D eigenvalue weighted by Gasteiger charge is -2.12. The predicted octanol–water partition coefficient (Wildman–Crippen LogP) is 2.26. The van der Waals surface area contributed by atoms with Gasteiger partial charge in [-0.3, -0.25) is 5.41 Å². The van der Waals surface area contributed by atoms with Crippen LogP contribution in [-0.2, 0) is 6.61 Å². The minimum absolute atomic E-state index is 0.0157. The quantitative estimate of drug-likeness (QED) is 0.575. The number of methoxy groups -OCH3 is 1. The van der Waals surface area contributed by atoms with Gasteiger partial charge in [-0.25, -0.2) is 0 Å². The first kappa shape index (κ1) is 13.9. The second kappa shape index (κ2) is 6.08. The summed E-state index contributed by atoms with van der Waals surface area (Å²) in [7, 11) is 1.56. The van der Waals surface area contributed by atoms with E-state index in [0.29, 0.717) is 22.8 Å². The van der Waals surface area contributed by atoms with Gasteiger partial charge in [0.15, 0.2) is 0 Å². The highest BCUT2D eigenvalue weighted by Crippen LogP contribution is 2.29. The van der Waals surface area contributed by atoms with Gasteiger partial charge in [-0.1, -0.05) is 12.1 Å². The summed E-state index contributed by atoms with van der Waals surface area (Å²) in [5.41, 5.74) is 6.83. The second-order valence-electron chi connectivity index (χ2n) is 4.18. The van der Waals surface area contributed by atoms with Gasteiger partial charge in [0.1, 0.15) is 23.1 Å². The molecule has 20 heavy (non-hydrogen) atoms. The first-order valence-electron chi connectivity index (χ1n) is 6.04. The molecular formula is C15H16N2O3. The van der Waals surface area contributed by atoms with E-state index in [-0.39, 0.29) is 12.4 Å². The molecule has 0 bridgehead atoms. The van der Waals surface area contributed by atoms with Crippen molar-refractivity contribution in [1.82, 2.24) is 0 Å². The molecule has 0 aliphatic rings. The average molecular weight is 272 g/mol. The molecule has 0 saturated carbocycles. The van der Waals surface area contributed by atoms with E-state index in [2.05, 4.69) is 0 Å². The van der Waals surface area contributed by atoms with Crippen molar-refractivity contribution in [2.75, 3.05) is 7.11 Å². The topological polar surface area (TPSA) is 88.6 Å². The number of ether oxygens (including phenoxy) is 2. The maximum absolute atomic E-state index is 9.00. The smallest absolute Gasteiger partial charge is 0.142 e. The second-order valence-corrected chi connectivity index (χ2v) is 4.18. The van der Waals surface area contributed by atoms with Gasteiger partial charge in [-0.2, -0.15) is 0 Å². The Morgan fingerprint density at radius 1 is 1.15 bits per heavy atom. The third-order valence-electron chi connectivity index (χ3n) is 2.81. The molecule has 0 atom stereocenters. The largest absolute Gasteiger partial charge is 0.497 e. The molecule has 0 fully saturated rings. The molecule has 0 unspecified atom stereocenters. The summed E-state index contributed by atoms with van der Waals surface area (Å²) in [6.45, 7) is -0.0157. The van der Waals surface area contributed by atoms with E-state index in [1.807, 2.05) is 0 Å². The van der Waals surface area contributed by atoms with Gasteiger partial charge in [0, 0.05) is 6.07 Å². The molecule has 4 N–H and O–H groups in total. The highest BCUT2D eigenvalue weighted by Gasteiger charge is 2.09. The summed E-state index contributed by atoms with van der Waals surface area (Å²) in [5, 5.41) is 16.6. The molecular weight excluding hydrogens is 256 g/mol. The zero-order valence-electron chi connectivity index (χ0n) is 11.1. The maximum atomic E-state index is 9.00. The Morgan fingerprint density at radius 3 is 2.35 bits per heavy atom. The summed E-state index contributed by atoms with van der Waals surface area (Å²) in [4.78, 5) is 0. The first-order chi connectivity index (χ1) is 9.63. The predicted molar refractivity (Wildman–Crippen MR) is 76.4 cm³/mol. The van der Waals surface area contributed by atoms with Gasteiger partial charge in [0.05, 0.1) is 19.3 Å². The Labute approximate surface area is 117 Å². The number of nitrogens with one attached hydrogen (secondary N) is 1. The van der Waals surface area contributed by atoms with Crippen LogP contribution in [-0.4, -0.2) is 18.1 Å². The van der Waals surface area contributed by atoms with Crippen molar-refractivity contribution in [3.05, 3.63) is 53.6 Å². The van der Waals surface area contributed by atoms with Crippen LogP contribution in [0, 0.1) is 5.41 Å². The normalized spacial score (nSPS) is 10.1. The van der Waals surface area contributed by atoms with E-state index in [0.717, 1.165) is 5.56 Å². The van der Waals surface area contributed by atoms with Crippen molar-refractivity contribution >= 4 is 5.84 Å². The summed E-state index contributed by atoms with van der Waals surface area (Å²) >= 11 is 0. The van der Waals surface area contributed by atoms with Gasteiger partial charge in [0.2, 0.25) is 0 Å². The lowest BCUT2D eigenvalue weighted by molar-refractivity contribution is 0.281. The van der Waals surface area contributed by atoms with Crippen LogP contribution >= 0.6 is 0 Å². The van der Waals surface area contributed by atoms with E-state index in [1.54, 1.807) is 49.6 Å². The molecule has 0 heterocycles. The fourth-order valence-electron chi connectivity index (χ4n) is 1.73.